The molecule has 0 radical (unpaired) electrons. The van der Waals surface area contributed by atoms with Gasteiger partial charge < -0.3 is 15.3 Å². The van der Waals surface area contributed by atoms with E-state index in [0.717, 1.165) is 47.6 Å². The van der Waals surface area contributed by atoms with Gasteiger partial charge in [0.1, 0.15) is 6.04 Å². The highest BCUT2D eigenvalue weighted by atomic mass is 16.4. The van der Waals surface area contributed by atoms with Gasteiger partial charge in [0, 0.05) is 37.8 Å². The highest BCUT2D eigenvalue weighted by Crippen LogP contribution is 2.30. The number of rotatable bonds is 10. The van der Waals surface area contributed by atoms with Crippen LogP contribution in [0, 0.1) is 0 Å². The first-order chi connectivity index (χ1) is 16.9. The number of carbonyl (C=O) groups excluding carboxylic acids is 4. The summed E-state index contributed by atoms with van der Waals surface area (Å²) in [6.07, 6.45) is 4.03. The molecule has 10 nitrogen and oxygen atoms in total. The van der Waals surface area contributed by atoms with E-state index < -0.39 is 35.4 Å². The molecule has 1 atom stereocenters. The van der Waals surface area contributed by atoms with Crippen LogP contribution >= 0.6 is 0 Å². The van der Waals surface area contributed by atoms with Gasteiger partial charge in [0.15, 0.2) is 0 Å². The van der Waals surface area contributed by atoms with Gasteiger partial charge in [-0.1, -0.05) is 19.3 Å². The molecule has 10 heteroatoms. The first-order valence-electron chi connectivity index (χ1n) is 12.5. The van der Waals surface area contributed by atoms with Gasteiger partial charge >= 0.3 is 6.09 Å². The lowest BCUT2D eigenvalue weighted by Gasteiger charge is -2.33. The number of likely N-dealkylation sites (tertiary alicyclic amines) is 1. The number of fused-ring (bicyclic) bond motifs is 1. The second-order valence-electron chi connectivity index (χ2n) is 10.4. The number of carbonyl (C=O) groups is 5. The summed E-state index contributed by atoms with van der Waals surface area (Å²) in [5.74, 6) is -1.86. The van der Waals surface area contributed by atoms with Crippen molar-refractivity contribution >= 4 is 35.4 Å². The molecule has 1 fully saturated rings. The van der Waals surface area contributed by atoms with Crippen LogP contribution < -0.4 is 5.32 Å². The summed E-state index contributed by atoms with van der Waals surface area (Å²) in [6, 6.07) is 4.04. The van der Waals surface area contributed by atoms with Crippen molar-refractivity contribution in [1.29, 1.82) is 0 Å². The predicted octanol–water partition coefficient (Wildman–Crippen LogP) is 3.57. The minimum Gasteiger partial charge on any atom is -0.465 e. The molecule has 1 aromatic rings. The lowest BCUT2D eigenvalue weighted by Crippen LogP contribution is -2.54. The van der Waals surface area contributed by atoms with Crippen LogP contribution in [0.5, 0.6) is 0 Å². The molecule has 0 bridgehead atoms. The van der Waals surface area contributed by atoms with Gasteiger partial charge in [0.05, 0.1) is 11.1 Å². The van der Waals surface area contributed by atoms with Crippen LogP contribution in [0.15, 0.2) is 18.2 Å². The molecule has 1 saturated heterocycles. The smallest absolute Gasteiger partial charge is 0.407 e. The maximum Gasteiger partial charge on any atom is 0.407 e. The number of benzene rings is 1. The fourth-order valence-corrected chi connectivity index (χ4v) is 4.67. The van der Waals surface area contributed by atoms with E-state index in [-0.39, 0.29) is 29.9 Å². The average Bonchev–Trinajstić information content (AvgIpc) is 3.05. The van der Waals surface area contributed by atoms with Crippen molar-refractivity contribution in [2.75, 3.05) is 25.5 Å². The Morgan fingerprint density at radius 1 is 1.03 bits per heavy atom. The Morgan fingerprint density at radius 2 is 1.67 bits per heavy atom. The van der Waals surface area contributed by atoms with Crippen molar-refractivity contribution in [3.63, 3.8) is 0 Å². The third-order valence-corrected chi connectivity index (χ3v) is 6.78. The summed E-state index contributed by atoms with van der Waals surface area (Å²) in [5.41, 5.74) is 0.847. The number of piperidine rings is 1. The third-order valence-electron chi connectivity index (χ3n) is 6.78. The van der Waals surface area contributed by atoms with E-state index in [1.165, 1.54) is 11.9 Å². The maximum atomic E-state index is 13.0. The maximum absolute atomic E-state index is 13.0. The Kier molecular flexibility index (Phi) is 8.37. The average molecular weight is 501 g/mol. The summed E-state index contributed by atoms with van der Waals surface area (Å²) < 4.78 is 0. The lowest BCUT2D eigenvalue weighted by molar-refractivity contribution is -0.149. The highest BCUT2D eigenvalue weighted by Gasteiger charge is 2.46. The predicted molar refractivity (Wildman–Crippen MR) is 134 cm³/mol. The molecular formula is C26H36N4O6. The van der Waals surface area contributed by atoms with E-state index in [0.29, 0.717) is 13.1 Å². The highest BCUT2D eigenvalue weighted by molar-refractivity contribution is 6.23. The van der Waals surface area contributed by atoms with Crippen molar-refractivity contribution in [1.82, 2.24) is 14.7 Å². The molecular weight excluding hydrogens is 464 g/mol. The standard InChI is InChI=1S/C26H36N4O6/c1-26(2,3)29(25(35)36)15-9-7-5-6-8-14-27-17-10-11-18-19(16-17)23(33)30(22(18)32)20-12-13-21(31)28(4)24(20)34/h10-11,16,20,27H,5-9,12-15H2,1-4H3,(H,35,36). The third kappa shape index (κ3) is 5.85. The fraction of sp³-hybridized carbons (Fsp3) is 0.577. The molecule has 2 aliphatic heterocycles. The summed E-state index contributed by atoms with van der Waals surface area (Å²) in [5, 5.41) is 12.6. The molecule has 5 amide bonds. The fourth-order valence-electron chi connectivity index (χ4n) is 4.67. The van der Waals surface area contributed by atoms with Crippen molar-refractivity contribution in [2.45, 2.75) is 77.3 Å². The van der Waals surface area contributed by atoms with Crippen LogP contribution in [0.25, 0.3) is 0 Å². The summed E-state index contributed by atoms with van der Waals surface area (Å²) in [4.78, 5) is 65.0. The second-order valence-corrected chi connectivity index (χ2v) is 10.4. The number of nitrogens with one attached hydrogen (secondary N) is 1. The first kappa shape index (κ1) is 27.2. The number of unbranched alkanes of at least 4 members (excludes halogenated alkanes) is 4. The second kappa shape index (κ2) is 11.1. The van der Waals surface area contributed by atoms with Crippen molar-refractivity contribution in [3.05, 3.63) is 29.3 Å². The summed E-state index contributed by atoms with van der Waals surface area (Å²) in [7, 11) is 1.37. The zero-order valence-electron chi connectivity index (χ0n) is 21.5. The van der Waals surface area contributed by atoms with Gasteiger partial charge in [-0.2, -0.15) is 0 Å². The Bertz CT molecular complexity index is 1050. The molecule has 0 saturated carbocycles. The molecule has 3 rings (SSSR count). The van der Waals surface area contributed by atoms with E-state index in [1.54, 1.807) is 18.2 Å². The van der Waals surface area contributed by atoms with Crippen LogP contribution in [-0.4, -0.2) is 81.2 Å². The Balaban J connectivity index is 1.45. The zero-order chi connectivity index (χ0) is 26.6. The molecule has 0 spiro atoms. The molecule has 0 aromatic heterocycles. The Hall–Kier alpha value is -3.43. The van der Waals surface area contributed by atoms with Gasteiger partial charge in [0.25, 0.3) is 17.7 Å². The van der Waals surface area contributed by atoms with Crippen LogP contribution in [-0.2, 0) is 9.59 Å². The number of hydrogen-bond acceptors (Lipinski definition) is 6. The number of hydrogen-bond donors (Lipinski definition) is 2. The van der Waals surface area contributed by atoms with Gasteiger partial charge in [-0.15, -0.1) is 0 Å². The van der Waals surface area contributed by atoms with Gasteiger partial charge in [0.2, 0.25) is 5.91 Å². The van der Waals surface area contributed by atoms with Crippen LogP contribution in [0.3, 0.4) is 0 Å². The topological polar surface area (TPSA) is 127 Å². The summed E-state index contributed by atoms with van der Waals surface area (Å²) >= 11 is 0. The molecule has 0 aliphatic carbocycles. The van der Waals surface area contributed by atoms with Gasteiger partial charge in [-0.05, 0) is 58.2 Å². The SMILES string of the molecule is CN1C(=O)CCC(N2C(=O)c3ccc(NCCCCCCCN(C(=O)O)C(C)(C)C)cc3C2=O)C1=O. The normalized spacial score (nSPS) is 18.1. The number of likely N-dealkylation sites (N-methyl/N-ethyl adjacent to an activating group) is 1. The number of imide groups is 2. The number of amides is 5. The van der Waals surface area contributed by atoms with Crippen molar-refractivity contribution in [2.24, 2.45) is 0 Å². The Morgan fingerprint density at radius 3 is 2.33 bits per heavy atom. The molecule has 1 unspecified atom stereocenters. The van der Waals surface area contributed by atoms with E-state index in [9.17, 15) is 29.1 Å². The number of nitrogens with zero attached hydrogens (tertiary/aromatic N) is 3. The lowest BCUT2D eigenvalue weighted by atomic mass is 10.0. The Labute approximate surface area is 211 Å². The summed E-state index contributed by atoms with van der Waals surface area (Å²) in [6.45, 7) is 6.89. The van der Waals surface area contributed by atoms with Crippen LogP contribution in [0.1, 0.15) is 86.4 Å². The molecule has 36 heavy (non-hydrogen) atoms. The largest absolute Gasteiger partial charge is 0.465 e. The molecule has 1 aromatic carbocycles. The molecule has 196 valence electrons. The van der Waals surface area contributed by atoms with Gasteiger partial charge in [-0.25, -0.2) is 4.79 Å². The number of anilines is 1. The van der Waals surface area contributed by atoms with E-state index >= 15 is 0 Å². The molecule has 2 aliphatic rings. The van der Waals surface area contributed by atoms with E-state index in [4.69, 9.17) is 0 Å². The van der Waals surface area contributed by atoms with Crippen LogP contribution in [0.2, 0.25) is 0 Å². The van der Waals surface area contributed by atoms with E-state index in [2.05, 4.69) is 5.32 Å². The van der Waals surface area contributed by atoms with E-state index in [1.807, 2.05) is 20.8 Å². The minimum absolute atomic E-state index is 0.113. The quantitative estimate of drug-likeness (QED) is 0.371. The van der Waals surface area contributed by atoms with Crippen molar-refractivity contribution < 1.29 is 29.1 Å². The van der Waals surface area contributed by atoms with Gasteiger partial charge in [-0.3, -0.25) is 29.0 Å². The minimum atomic E-state index is -0.956. The zero-order valence-corrected chi connectivity index (χ0v) is 21.5. The monoisotopic (exact) mass is 500 g/mol. The number of carboxylic acid groups (broad SMARTS) is 1. The molecule has 2 heterocycles. The molecule has 2 N–H and O–H groups in total. The van der Waals surface area contributed by atoms with Crippen LogP contribution in [0.4, 0.5) is 10.5 Å². The first-order valence-corrected chi connectivity index (χ1v) is 12.5. The van der Waals surface area contributed by atoms with Crippen molar-refractivity contribution in [3.8, 4) is 0 Å².